The van der Waals surface area contributed by atoms with Gasteiger partial charge in [-0.2, -0.15) is 0 Å². The van der Waals surface area contributed by atoms with Crippen LogP contribution in [0.2, 0.25) is 0 Å². The Morgan fingerprint density at radius 1 is 1.14 bits per heavy atom. The van der Waals surface area contributed by atoms with Crippen LogP contribution in [0.15, 0.2) is 18.2 Å². The van der Waals surface area contributed by atoms with Crippen molar-refractivity contribution in [2.75, 3.05) is 24.5 Å². The minimum atomic E-state index is 0.692. The van der Waals surface area contributed by atoms with Gasteiger partial charge in [-0.15, -0.1) is 0 Å². The van der Waals surface area contributed by atoms with Crippen LogP contribution in [0.5, 0.6) is 0 Å². The molecule has 1 atom stereocenters. The predicted octanol–water partition coefficient (Wildman–Crippen LogP) is 3.16. The largest absolute Gasteiger partial charge is 0.358 e. The van der Waals surface area contributed by atoms with Gasteiger partial charge in [-0.1, -0.05) is 6.07 Å². The van der Waals surface area contributed by atoms with Gasteiger partial charge in [-0.25, -0.2) is 0 Å². The third-order valence-corrected chi connectivity index (χ3v) is 5.75. The zero-order valence-corrected chi connectivity index (χ0v) is 12.5. The average molecular weight is 281 g/mol. The van der Waals surface area contributed by atoms with Crippen molar-refractivity contribution in [3.05, 3.63) is 29.3 Å². The maximum absolute atomic E-state index is 3.68. The van der Waals surface area contributed by atoms with E-state index in [1.807, 2.05) is 0 Å². The molecule has 4 aliphatic heterocycles. The van der Waals surface area contributed by atoms with Crippen LogP contribution in [0.3, 0.4) is 0 Å². The number of rotatable bonds is 2. The van der Waals surface area contributed by atoms with Crippen LogP contribution in [0, 0.1) is 0 Å². The first kappa shape index (κ1) is 12.1. The summed E-state index contributed by atoms with van der Waals surface area (Å²) in [5.41, 5.74) is 4.45. The molecule has 1 aromatic heterocycles. The molecule has 2 saturated heterocycles. The van der Waals surface area contributed by atoms with Crippen molar-refractivity contribution in [3.63, 3.8) is 0 Å². The van der Waals surface area contributed by atoms with Crippen LogP contribution in [0.25, 0.3) is 10.9 Å². The van der Waals surface area contributed by atoms with Gasteiger partial charge in [0.15, 0.2) is 0 Å². The quantitative estimate of drug-likeness (QED) is 0.886. The number of piperidine rings is 1. The number of fused-ring (bicyclic) bond motifs is 3. The molecule has 3 nitrogen and oxygen atoms in total. The number of nitrogens with zero attached hydrogens (tertiary/aromatic N) is 1. The number of hydrogen-bond acceptors (Lipinski definition) is 2. The van der Waals surface area contributed by atoms with E-state index < -0.39 is 0 Å². The first-order valence-electron chi connectivity index (χ1n) is 8.51. The second-order valence-electron chi connectivity index (χ2n) is 7.03. The van der Waals surface area contributed by atoms with Crippen molar-refractivity contribution in [2.45, 2.75) is 44.1 Å². The number of aromatic amines is 1. The smallest absolute Gasteiger partial charge is 0.110 e. The zero-order chi connectivity index (χ0) is 13.8. The van der Waals surface area contributed by atoms with Crippen molar-refractivity contribution in [2.24, 2.45) is 0 Å². The number of hydrogen-bond donors (Lipinski definition) is 2. The van der Waals surface area contributed by atoms with E-state index in [1.54, 1.807) is 5.56 Å². The van der Waals surface area contributed by atoms with Gasteiger partial charge in [0, 0.05) is 35.6 Å². The van der Waals surface area contributed by atoms with E-state index in [4.69, 9.17) is 0 Å². The molecule has 0 radical (unpaired) electrons. The summed E-state index contributed by atoms with van der Waals surface area (Å²) in [6.07, 6.45) is 6.54. The lowest BCUT2D eigenvalue weighted by molar-refractivity contribution is 0.475. The van der Waals surface area contributed by atoms with E-state index in [2.05, 4.69) is 33.4 Å². The normalized spacial score (nSPS) is 25.0. The molecular weight excluding hydrogens is 258 g/mol. The molecule has 5 heterocycles. The Kier molecular flexibility index (Phi) is 2.60. The third kappa shape index (κ3) is 1.83. The van der Waals surface area contributed by atoms with E-state index >= 15 is 0 Å². The molecule has 4 aliphatic rings. The number of aromatic nitrogens is 1. The summed E-state index contributed by atoms with van der Waals surface area (Å²) >= 11 is 0. The molecular formula is C18H23N3. The van der Waals surface area contributed by atoms with Crippen LogP contribution >= 0.6 is 0 Å². The molecule has 0 aliphatic carbocycles. The molecule has 2 fully saturated rings. The summed E-state index contributed by atoms with van der Waals surface area (Å²) in [6.45, 7) is 3.68. The summed E-state index contributed by atoms with van der Waals surface area (Å²) in [6, 6.07) is 7.78. The molecule has 110 valence electrons. The Morgan fingerprint density at radius 3 is 2.86 bits per heavy atom. The van der Waals surface area contributed by atoms with Gasteiger partial charge in [-0.3, -0.25) is 0 Å². The van der Waals surface area contributed by atoms with Gasteiger partial charge in [0.1, 0.15) is 5.82 Å². The van der Waals surface area contributed by atoms with Gasteiger partial charge < -0.3 is 15.2 Å². The summed E-state index contributed by atoms with van der Waals surface area (Å²) in [7, 11) is 0. The minimum Gasteiger partial charge on any atom is -0.358 e. The van der Waals surface area contributed by atoms with Gasteiger partial charge >= 0.3 is 0 Å². The zero-order valence-electron chi connectivity index (χ0n) is 12.5. The topological polar surface area (TPSA) is 31.1 Å². The van der Waals surface area contributed by atoms with Crippen molar-refractivity contribution in [3.8, 4) is 0 Å². The van der Waals surface area contributed by atoms with E-state index in [0.29, 0.717) is 6.04 Å². The van der Waals surface area contributed by atoms with E-state index in [0.717, 1.165) is 5.92 Å². The molecule has 3 heteroatoms. The van der Waals surface area contributed by atoms with Crippen LogP contribution in [-0.2, 0) is 6.42 Å². The fourth-order valence-electron chi connectivity index (χ4n) is 4.64. The first-order valence-corrected chi connectivity index (χ1v) is 8.51. The average Bonchev–Trinajstić information content (AvgIpc) is 3.16. The van der Waals surface area contributed by atoms with Gasteiger partial charge in [0.05, 0.1) is 0 Å². The lowest BCUT2D eigenvalue weighted by Gasteiger charge is -2.40. The fourth-order valence-corrected chi connectivity index (χ4v) is 4.64. The maximum atomic E-state index is 3.68. The van der Waals surface area contributed by atoms with Crippen LogP contribution in [-0.4, -0.2) is 30.7 Å². The molecule has 0 saturated carbocycles. The molecule has 2 aromatic rings. The van der Waals surface area contributed by atoms with Crippen LogP contribution in [0.1, 0.15) is 42.7 Å². The van der Waals surface area contributed by atoms with E-state index in [1.165, 1.54) is 74.0 Å². The molecule has 2 N–H and O–H groups in total. The highest BCUT2D eigenvalue weighted by Gasteiger charge is 2.33. The molecule has 0 amide bonds. The predicted molar refractivity (Wildman–Crippen MR) is 87.2 cm³/mol. The second kappa shape index (κ2) is 4.51. The Morgan fingerprint density at radius 2 is 2.05 bits per heavy atom. The second-order valence-corrected chi connectivity index (χ2v) is 7.03. The number of anilines is 1. The van der Waals surface area contributed by atoms with Crippen molar-refractivity contribution in [1.82, 2.24) is 10.3 Å². The molecule has 6 rings (SSSR count). The van der Waals surface area contributed by atoms with Crippen molar-refractivity contribution in [1.29, 1.82) is 0 Å². The van der Waals surface area contributed by atoms with Gasteiger partial charge in [-0.05, 0) is 62.3 Å². The number of nitrogens with one attached hydrogen (secondary N) is 2. The Labute approximate surface area is 125 Å². The van der Waals surface area contributed by atoms with Crippen molar-refractivity contribution >= 4 is 16.7 Å². The molecule has 21 heavy (non-hydrogen) atoms. The Balaban J connectivity index is 1.57. The number of H-pyrrole nitrogens is 1. The standard InChI is InChI=1S/C18H23N3/c1-2-14(19-7-1)10-12-3-4-16-15(11-12)17-13-5-8-21(9-6-13)18(17)20-16/h3-4,11,13-14,19-20H,1-2,5-10H2. The SMILES string of the molecule is c1cc2[nH]c3c(c2cc1CC1CCCN1)C1CCN3CC1. The molecule has 1 unspecified atom stereocenters. The Hall–Kier alpha value is -1.48. The third-order valence-electron chi connectivity index (χ3n) is 5.75. The highest BCUT2D eigenvalue weighted by molar-refractivity contribution is 5.91. The molecule has 1 aromatic carbocycles. The van der Waals surface area contributed by atoms with E-state index in [9.17, 15) is 0 Å². The molecule has 2 bridgehead atoms. The summed E-state index contributed by atoms with van der Waals surface area (Å²) in [4.78, 5) is 6.23. The van der Waals surface area contributed by atoms with Crippen molar-refractivity contribution < 1.29 is 0 Å². The lowest BCUT2D eigenvalue weighted by atomic mass is 9.84. The van der Waals surface area contributed by atoms with Crippen LogP contribution in [0.4, 0.5) is 5.82 Å². The molecule has 0 spiro atoms. The minimum absolute atomic E-state index is 0.692. The van der Waals surface area contributed by atoms with E-state index in [-0.39, 0.29) is 0 Å². The number of benzene rings is 1. The fraction of sp³-hybridized carbons (Fsp3) is 0.556. The van der Waals surface area contributed by atoms with Gasteiger partial charge in [0.2, 0.25) is 0 Å². The highest BCUT2D eigenvalue weighted by atomic mass is 15.2. The Bertz CT molecular complexity index is 673. The summed E-state index contributed by atoms with van der Waals surface area (Å²) in [5, 5.41) is 5.12. The maximum Gasteiger partial charge on any atom is 0.110 e. The van der Waals surface area contributed by atoms with Gasteiger partial charge in [0.25, 0.3) is 0 Å². The van der Waals surface area contributed by atoms with Crippen LogP contribution < -0.4 is 10.2 Å². The lowest BCUT2D eigenvalue weighted by Crippen LogP contribution is -2.38. The summed E-state index contributed by atoms with van der Waals surface area (Å²) < 4.78 is 0. The first-order chi connectivity index (χ1) is 10.4. The summed E-state index contributed by atoms with van der Waals surface area (Å²) in [5.74, 6) is 2.21. The monoisotopic (exact) mass is 281 g/mol. The highest BCUT2D eigenvalue weighted by Crippen LogP contribution is 2.45.